The second kappa shape index (κ2) is 4.62. The molecule has 0 spiro atoms. The highest BCUT2D eigenvalue weighted by Crippen LogP contribution is 2.22. The molecule has 2 nitrogen and oxygen atoms in total. The summed E-state index contributed by atoms with van der Waals surface area (Å²) < 4.78 is 1.11. The van der Waals surface area contributed by atoms with Gasteiger partial charge in [-0.2, -0.15) is 0 Å². The SMILES string of the molecule is CCN(C=O)Cc1ccc(Br)s1. The lowest BCUT2D eigenvalue weighted by molar-refractivity contribution is -0.118. The van der Waals surface area contributed by atoms with E-state index in [-0.39, 0.29) is 0 Å². The third kappa shape index (κ3) is 2.60. The smallest absolute Gasteiger partial charge is 0.210 e. The molecule has 0 aliphatic heterocycles. The van der Waals surface area contributed by atoms with Crippen LogP contribution in [0.5, 0.6) is 0 Å². The van der Waals surface area contributed by atoms with E-state index < -0.39 is 0 Å². The van der Waals surface area contributed by atoms with Gasteiger partial charge in [-0.15, -0.1) is 11.3 Å². The number of hydrogen-bond donors (Lipinski definition) is 0. The zero-order valence-electron chi connectivity index (χ0n) is 6.79. The molecular weight excluding hydrogens is 238 g/mol. The van der Waals surface area contributed by atoms with Gasteiger partial charge in [0.2, 0.25) is 6.41 Å². The Morgan fingerprint density at radius 1 is 1.67 bits per heavy atom. The van der Waals surface area contributed by atoms with Crippen molar-refractivity contribution in [1.82, 2.24) is 4.90 Å². The minimum absolute atomic E-state index is 0.719. The number of amides is 1. The highest BCUT2D eigenvalue weighted by atomic mass is 79.9. The van der Waals surface area contributed by atoms with Gasteiger partial charge in [-0.25, -0.2) is 0 Å². The highest BCUT2D eigenvalue weighted by molar-refractivity contribution is 9.11. The van der Waals surface area contributed by atoms with Crippen molar-refractivity contribution in [2.24, 2.45) is 0 Å². The van der Waals surface area contributed by atoms with Gasteiger partial charge in [0.1, 0.15) is 0 Å². The van der Waals surface area contributed by atoms with Crippen LogP contribution in [-0.4, -0.2) is 17.9 Å². The van der Waals surface area contributed by atoms with Crippen LogP contribution < -0.4 is 0 Å². The fourth-order valence-electron chi connectivity index (χ4n) is 0.860. The van der Waals surface area contributed by atoms with Crippen LogP contribution in [-0.2, 0) is 11.3 Å². The predicted octanol–water partition coefficient (Wildman–Crippen LogP) is 2.49. The van der Waals surface area contributed by atoms with E-state index in [0.29, 0.717) is 0 Å². The maximum absolute atomic E-state index is 10.5. The lowest BCUT2D eigenvalue weighted by Gasteiger charge is -2.12. The minimum atomic E-state index is 0.719. The monoisotopic (exact) mass is 247 g/mol. The average molecular weight is 248 g/mol. The van der Waals surface area contributed by atoms with Crippen LogP contribution in [0, 0.1) is 0 Å². The number of halogens is 1. The molecule has 0 saturated heterocycles. The van der Waals surface area contributed by atoms with E-state index in [1.165, 1.54) is 4.88 Å². The molecule has 0 aliphatic carbocycles. The quantitative estimate of drug-likeness (QED) is 0.749. The van der Waals surface area contributed by atoms with Gasteiger partial charge in [0.05, 0.1) is 10.3 Å². The number of nitrogens with zero attached hydrogens (tertiary/aromatic N) is 1. The first-order valence-electron chi connectivity index (χ1n) is 3.69. The summed E-state index contributed by atoms with van der Waals surface area (Å²) in [7, 11) is 0. The van der Waals surface area contributed by atoms with E-state index in [1.807, 2.05) is 19.1 Å². The van der Waals surface area contributed by atoms with Gasteiger partial charge in [0, 0.05) is 11.4 Å². The standard InChI is InChI=1S/C8H10BrNOS/c1-2-10(6-11)5-7-3-4-8(9)12-7/h3-4,6H,2,5H2,1H3. The summed E-state index contributed by atoms with van der Waals surface area (Å²) in [5.74, 6) is 0. The molecule has 66 valence electrons. The van der Waals surface area contributed by atoms with Crippen LogP contribution in [0.15, 0.2) is 15.9 Å². The Bertz CT molecular complexity index is 261. The highest BCUT2D eigenvalue weighted by Gasteiger charge is 2.02. The lowest BCUT2D eigenvalue weighted by atomic mass is 10.4. The zero-order valence-corrected chi connectivity index (χ0v) is 9.19. The summed E-state index contributed by atoms with van der Waals surface area (Å²) in [5.41, 5.74) is 0. The molecule has 12 heavy (non-hydrogen) atoms. The molecule has 4 heteroatoms. The molecule has 0 aliphatic rings. The molecule has 1 aromatic rings. The van der Waals surface area contributed by atoms with Gasteiger partial charge in [-0.3, -0.25) is 4.79 Å². The van der Waals surface area contributed by atoms with Gasteiger partial charge < -0.3 is 4.90 Å². The van der Waals surface area contributed by atoms with Crippen molar-refractivity contribution < 1.29 is 4.79 Å². The van der Waals surface area contributed by atoms with Gasteiger partial charge in [-0.1, -0.05) is 0 Å². The maximum Gasteiger partial charge on any atom is 0.210 e. The van der Waals surface area contributed by atoms with Gasteiger partial charge in [-0.05, 0) is 35.0 Å². The van der Waals surface area contributed by atoms with Crippen molar-refractivity contribution in [3.05, 3.63) is 20.8 Å². The molecule has 0 atom stereocenters. The van der Waals surface area contributed by atoms with Crippen molar-refractivity contribution in [3.8, 4) is 0 Å². The summed E-state index contributed by atoms with van der Waals surface area (Å²) >= 11 is 5.04. The van der Waals surface area contributed by atoms with Crippen molar-refractivity contribution in [1.29, 1.82) is 0 Å². The zero-order chi connectivity index (χ0) is 8.97. The predicted molar refractivity (Wildman–Crippen MR) is 54.2 cm³/mol. The molecule has 0 radical (unpaired) electrons. The Hall–Kier alpha value is -0.350. The number of carbonyl (C=O) groups excluding carboxylic acids is 1. The summed E-state index contributed by atoms with van der Waals surface area (Å²) in [6.45, 7) is 3.45. The fourth-order valence-corrected chi connectivity index (χ4v) is 2.37. The number of thiophene rings is 1. The van der Waals surface area contributed by atoms with Crippen molar-refractivity contribution in [2.75, 3.05) is 6.54 Å². The molecule has 0 saturated carbocycles. The largest absolute Gasteiger partial charge is 0.340 e. The van der Waals surface area contributed by atoms with Gasteiger partial charge in [0.25, 0.3) is 0 Å². The van der Waals surface area contributed by atoms with Crippen LogP contribution in [0.3, 0.4) is 0 Å². The van der Waals surface area contributed by atoms with Crippen LogP contribution in [0.25, 0.3) is 0 Å². The number of rotatable bonds is 4. The van der Waals surface area contributed by atoms with Crippen molar-refractivity contribution in [3.63, 3.8) is 0 Å². The first-order chi connectivity index (χ1) is 5.76. The van der Waals surface area contributed by atoms with Gasteiger partial charge >= 0.3 is 0 Å². The molecular formula is C8H10BrNOS. The molecule has 1 aromatic heterocycles. The third-order valence-electron chi connectivity index (χ3n) is 1.54. The molecule has 0 N–H and O–H groups in total. The number of hydrogen-bond acceptors (Lipinski definition) is 2. The molecule has 1 heterocycles. The Kier molecular flexibility index (Phi) is 3.75. The summed E-state index contributed by atoms with van der Waals surface area (Å²) in [6, 6.07) is 4.03. The second-order valence-corrected chi connectivity index (χ2v) is 4.92. The van der Waals surface area contributed by atoms with E-state index in [0.717, 1.165) is 23.3 Å². The summed E-state index contributed by atoms with van der Waals surface area (Å²) in [6.07, 6.45) is 0.883. The number of carbonyl (C=O) groups is 1. The summed E-state index contributed by atoms with van der Waals surface area (Å²) in [5, 5.41) is 0. The van der Waals surface area contributed by atoms with E-state index in [2.05, 4.69) is 15.9 Å². The van der Waals surface area contributed by atoms with E-state index >= 15 is 0 Å². The van der Waals surface area contributed by atoms with Crippen LogP contribution >= 0.6 is 27.3 Å². The first-order valence-corrected chi connectivity index (χ1v) is 5.30. The molecule has 0 unspecified atom stereocenters. The van der Waals surface area contributed by atoms with Crippen LogP contribution in [0.1, 0.15) is 11.8 Å². The lowest BCUT2D eigenvalue weighted by Crippen LogP contribution is -2.19. The van der Waals surface area contributed by atoms with Crippen LogP contribution in [0.4, 0.5) is 0 Å². The average Bonchev–Trinajstić information content (AvgIpc) is 2.47. The Balaban J connectivity index is 2.56. The molecule has 0 fully saturated rings. The third-order valence-corrected chi connectivity index (χ3v) is 3.15. The maximum atomic E-state index is 10.5. The van der Waals surface area contributed by atoms with Gasteiger partial charge in [0.15, 0.2) is 0 Å². The van der Waals surface area contributed by atoms with Crippen molar-refractivity contribution in [2.45, 2.75) is 13.5 Å². The van der Waals surface area contributed by atoms with E-state index in [1.54, 1.807) is 16.2 Å². The topological polar surface area (TPSA) is 20.3 Å². The minimum Gasteiger partial charge on any atom is -0.340 e. The van der Waals surface area contributed by atoms with Crippen LogP contribution in [0.2, 0.25) is 0 Å². The van der Waals surface area contributed by atoms with E-state index in [9.17, 15) is 4.79 Å². The molecule has 1 amide bonds. The molecule has 1 rings (SSSR count). The van der Waals surface area contributed by atoms with E-state index in [4.69, 9.17) is 0 Å². The second-order valence-electron chi connectivity index (χ2n) is 2.37. The van der Waals surface area contributed by atoms with Crippen molar-refractivity contribution >= 4 is 33.7 Å². The first kappa shape index (κ1) is 9.74. The Labute approximate surface area is 84.3 Å². The Morgan fingerprint density at radius 3 is 2.83 bits per heavy atom. The Morgan fingerprint density at radius 2 is 2.42 bits per heavy atom. The molecule has 0 aromatic carbocycles. The fraction of sp³-hybridized carbons (Fsp3) is 0.375. The summed E-state index contributed by atoms with van der Waals surface area (Å²) in [4.78, 5) is 13.4. The normalized spacial score (nSPS) is 9.83. The molecule has 0 bridgehead atoms.